The zero-order valence-electron chi connectivity index (χ0n) is 8.74. The van der Waals surface area contributed by atoms with E-state index in [-0.39, 0.29) is 5.15 Å². The third kappa shape index (κ3) is 2.86. The van der Waals surface area contributed by atoms with Crippen LogP contribution in [0, 0.1) is 6.92 Å². The first-order valence-electron chi connectivity index (χ1n) is 4.65. The smallest absolute Gasteiger partial charge is 0.280 e. The molecule has 1 heterocycles. The lowest BCUT2D eigenvalue weighted by Gasteiger charge is -2.04. The number of hydrogen-bond acceptors (Lipinski definition) is 4. The summed E-state index contributed by atoms with van der Waals surface area (Å²) in [5, 5.41) is 0.518. The molecule has 6 heteroatoms. The number of ether oxygens (including phenoxy) is 1. The minimum atomic E-state index is 0.170. The van der Waals surface area contributed by atoms with Crippen molar-refractivity contribution < 1.29 is 9.53 Å². The monoisotopic (exact) mass is 331 g/mol. The predicted octanol–water partition coefficient (Wildman–Crippen LogP) is 4.47. The lowest BCUT2D eigenvalue weighted by molar-refractivity contribution is 0.112. The molecule has 0 saturated heterocycles. The number of halogens is 2. The molecule has 88 valence electrons. The summed E-state index contributed by atoms with van der Waals surface area (Å²) in [4.78, 5) is 14.9. The minimum absolute atomic E-state index is 0.170. The molecule has 2 aromatic rings. The third-order valence-electron chi connectivity index (χ3n) is 1.98. The Balaban J connectivity index is 2.28. The Hall–Kier alpha value is -0.910. The van der Waals surface area contributed by atoms with E-state index in [0.29, 0.717) is 22.1 Å². The summed E-state index contributed by atoms with van der Waals surface area (Å²) in [6.45, 7) is 1.99. The molecule has 0 fully saturated rings. The summed E-state index contributed by atoms with van der Waals surface area (Å²) in [7, 11) is 0. The fourth-order valence-corrected chi connectivity index (χ4v) is 2.69. The molecule has 2 rings (SSSR count). The van der Waals surface area contributed by atoms with Gasteiger partial charge in [-0.25, -0.2) is 0 Å². The topological polar surface area (TPSA) is 39.2 Å². The number of thiazole rings is 1. The summed E-state index contributed by atoms with van der Waals surface area (Å²) in [5.41, 5.74) is 1.12. The number of aromatic nitrogens is 1. The second-order valence-corrected chi connectivity index (χ2v) is 5.49. The third-order valence-corrected chi connectivity index (χ3v) is 3.86. The van der Waals surface area contributed by atoms with E-state index in [4.69, 9.17) is 16.3 Å². The molecule has 0 amide bonds. The number of carbonyl (C=O) groups is 1. The molecular weight excluding hydrogens is 326 g/mol. The van der Waals surface area contributed by atoms with Crippen molar-refractivity contribution >= 4 is 45.2 Å². The van der Waals surface area contributed by atoms with Gasteiger partial charge in [-0.15, -0.1) is 0 Å². The molecule has 0 bridgehead atoms. The molecule has 1 aromatic heterocycles. The summed E-state index contributed by atoms with van der Waals surface area (Å²) in [5.74, 6) is 0.637. The van der Waals surface area contributed by atoms with E-state index in [1.807, 2.05) is 25.1 Å². The van der Waals surface area contributed by atoms with Crippen LogP contribution in [0.3, 0.4) is 0 Å². The van der Waals surface area contributed by atoms with Crippen LogP contribution in [0.1, 0.15) is 15.2 Å². The number of aldehydes is 1. The molecule has 0 unspecified atom stereocenters. The van der Waals surface area contributed by atoms with Gasteiger partial charge < -0.3 is 4.74 Å². The van der Waals surface area contributed by atoms with E-state index in [9.17, 15) is 4.79 Å². The first kappa shape index (κ1) is 12.5. The molecule has 1 aromatic carbocycles. The van der Waals surface area contributed by atoms with Crippen LogP contribution >= 0.6 is 38.9 Å². The van der Waals surface area contributed by atoms with Crippen molar-refractivity contribution in [3.63, 3.8) is 0 Å². The van der Waals surface area contributed by atoms with Gasteiger partial charge in [-0.1, -0.05) is 29.0 Å². The van der Waals surface area contributed by atoms with E-state index in [0.717, 1.165) is 21.4 Å². The highest BCUT2D eigenvalue weighted by Crippen LogP contribution is 2.34. The first-order chi connectivity index (χ1) is 8.10. The van der Waals surface area contributed by atoms with Gasteiger partial charge in [0.15, 0.2) is 11.4 Å². The van der Waals surface area contributed by atoms with Gasteiger partial charge in [0.2, 0.25) is 0 Å². The van der Waals surface area contributed by atoms with Crippen molar-refractivity contribution in [1.29, 1.82) is 0 Å². The van der Waals surface area contributed by atoms with Gasteiger partial charge in [0, 0.05) is 0 Å². The Morgan fingerprint density at radius 1 is 1.53 bits per heavy atom. The van der Waals surface area contributed by atoms with Crippen LogP contribution < -0.4 is 4.74 Å². The number of aryl methyl sites for hydroxylation is 1. The van der Waals surface area contributed by atoms with Crippen molar-refractivity contribution in [2.75, 3.05) is 0 Å². The number of carbonyl (C=O) groups excluding carboxylic acids is 1. The van der Waals surface area contributed by atoms with E-state index in [1.54, 1.807) is 0 Å². The molecule has 0 aliphatic carbocycles. The van der Waals surface area contributed by atoms with Gasteiger partial charge >= 0.3 is 0 Å². The zero-order valence-corrected chi connectivity index (χ0v) is 11.9. The molecule has 3 nitrogen and oxygen atoms in total. The predicted molar refractivity (Wildman–Crippen MR) is 71.5 cm³/mol. The van der Waals surface area contributed by atoms with E-state index in [1.165, 1.54) is 0 Å². The Bertz CT molecular complexity index is 571. The van der Waals surface area contributed by atoms with Gasteiger partial charge in [0.05, 0.1) is 4.47 Å². The van der Waals surface area contributed by atoms with Crippen molar-refractivity contribution in [1.82, 2.24) is 4.98 Å². The lowest BCUT2D eigenvalue weighted by atomic mass is 10.2. The van der Waals surface area contributed by atoms with Crippen LogP contribution in [-0.4, -0.2) is 11.3 Å². The summed E-state index contributed by atoms with van der Waals surface area (Å²) >= 11 is 10.3. The van der Waals surface area contributed by atoms with Gasteiger partial charge in [-0.3, -0.25) is 4.79 Å². The highest BCUT2D eigenvalue weighted by Gasteiger charge is 2.11. The maximum Gasteiger partial charge on any atom is 0.280 e. The molecule has 0 N–H and O–H groups in total. The van der Waals surface area contributed by atoms with E-state index < -0.39 is 0 Å². The van der Waals surface area contributed by atoms with Crippen LogP contribution in [0.4, 0.5) is 0 Å². The zero-order chi connectivity index (χ0) is 12.4. The average molecular weight is 333 g/mol. The van der Waals surface area contributed by atoms with Crippen LogP contribution in [0.2, 0.25) is 5.15 Å². The van der Waals surface area contributed by atoms with Crippen LogP contribution in [0.25, 0.3) is 0 Å². The van der Waals surface area contributed by atoms with Crippen LogP contribution in [-0.2, 0) is 0 Å². The molecule has 0 spiro atoms. The summed E-state index contributed by atoms with van der Waals surface area (Å²) < 4.78 is 6.37. The van der Waals surface area contributed by atoms with Crippen LogP contribution in [0.15, 0.2) is 22.7 Å². The molecule has 0 atom stereocenters. The van der Waals surface area contributed by atoms with Gasteiger partial charge in [-0.2, -0.15) is 4.98 Å². The number of nitrogens with zero attached hydrogens (tertiary/aromatic N) is 1. The summed E-state index contributed by atoms with van der Waals surface area (Å²) in [6.07, 6.45) is 0.664. The highest BCUT2D eigenvalue weighted by molar-refractivity contribution is 9.10. The van der Waals surface area contributed by atoms with Crippen molar-refractivity contribution in [2.45, 2.75) is 6.92 Å². The Morgan fingerprint density at radius 2 is 2.29 bits per heavy atom. The number of benzene rings is 1. The van der Waals surface area contributed by atoms with Gasteiger partial charge in [0.1, 0.15) is 10.6 Å². The van der Waals surface area contributed by atoms with Gasteiger partial charge in [-0.05, 0) is 40.5 Å². The van der Waals surface area contributed by atoms with Crippen molar-refractivity contribution in [2.24, 2.45) is 0 Å². The fourth-order valence-electron chi connectivity index (χ4n) is 1.19. The molecule has 0 aliphatic rings. The molecule has 17 heavy (non-hydrogen) atoms. The molecule has 0 aliphatic heterocycles. The van der Waals surface area contributed by atoms with Crippen molar-refractivity contribution in [3.05, 3.63) is 38.3 Å². The lowest BCUT2D eigenvalue weighted by Crippen LogP contribution is -1.85. The highest BCUT2D eigenvalue weighted by atomic mass is 79.9. The average Bonchev–Trinajstić information content (AvgIpc) is 2.63. The van der Waals surface area contributed by atoms with E-state index >= 15 is 0 Å². The molecule has 0 saturated carbocycles. The maximum absolute atomic E-state index is 10.6. The van der Waals surface area contributed by atoms with Gasteiger partial charge in [0.25, 0.3) is 5.19 Å². The minimum Gasteiger partial charge on any atom is -0.430 e. The SMILES string of the molecule is Cc1ccc(Oc2nc(Cl)c(C=O)s2)c(Br)c1. The fraction of sp³-hybridized carbons (Fsp3) is 0.0909. The second-order valence-electron chi connectivity index (χ2n) is 3.29. The van der Waals surface area contributed by atoms with Crippen LogP contribution in [0.5, 0.6) is 10.9 Å². The van der Waals surface area contributed by atoms with Crippen molar-refractivity contribution in [3.8, 4) is 10.9 Å². The van der Waals surface area contributed by atoms with E-state index in [2.05, 4.69) is 20.9 Å². The molecule has 0 radical (unpaired) electrons. The second kappa shape index (κ2) is 5.16. The maximum atomic E-state index is 10.6. The number of rotatable bonds is 3. The Labute approximate surface area is 116 Å². The molecular formula is C11H7BrClNO2S. The Kier molecular flexibility index (Phi) is 3.81. The number of hydrogen-bond donors (Lipinski definition) is 0. The standard InChI is InChI=1S/C11H7BrClNO2S/c1-6-2-3-8(7(12)4-6)16-11-14-10(13)9(5-15)17-11/h2-5H,1H3. The normalized spacial score (nSPS) is 10.3. The Morgan fingerprint density at radius 3 is 2.88 bits per heavy atom. The summed E-state index contributed by atoms with van der Waals surface area (Å²) in [6, 6.07) is 5.69. The largest absolute Gasteiger partial charge is 0.430 e. The first-order valence-corrected chi connectivity index (χ1v) is 6.64. The quantitative estimate of drug-likeness (QED) is 0.778.